The van der Waals surface area contributed by atoms with Crippen molar-refractivity contribution < 1.29 is 4.79 Å². The molecule has 1 N–H and O–H groups in total. The third kappa shape index (κ3) is 1.32. The maximum atomic E-state index is 12.6. The molecule has 2 aromatic carbocycles. The first-order valence-electron chi connectivity index (χ1n) is 6.82. The molecule has 3 atom stereocenters. The normalized spacial score (nSPS) is 30.2. The van der Waals surface area contributed by atoms with Crippen LogP contribution in [0.15, 0.2) is 48.5 Å². The molecule has 20 heavy (non-hydrogen) atoms. The lowest BCUT2D eigenvalue weighted by Gasteiger charge is -2.09. The number of anilines is 1. The Morgan fingerprint density at radius 1 is 1.15 bits per heavy atom. The fourth-order valence-electron chi connectivity index (χ4n) is 3.85. The SMILES string of the molecule is CC1C(c2ccccc2)C12C(=O)Nc1ccc(Cl)cc12. The van der Waals surface area contributed by atoms with Crippen LogP contribution in [0.2, 0.25) is 5.02 Å². The first kappa shape index (κ1) is 12.0. The molecule has 0 saturated heterocycles. The highest BCUT2D eigenvalue weighted by molar-refractivity contribution is 6.31. The molecule has 1 saturated carbocycles. The van der Waals surface area contributed by atoms with Crippen LogP contribution in [0.3, 0.4) is 0 Å². The van der Waals surface area contributed by atoms with E-state index in [0.717, 1.165) is 11.3 Å². The molecule has 3 unspecified atom stereocenters. The quantitative estimate of drug-likeness (QED) is 0.843. The predicted molar refractivity (Wildman–Crippen MR) is 80.1 cm³/mol. The van der Waals surface area contributed by atoms with E-state index in [1.54, 1.807) is 0 Å². The van der Waals surface area contributed by atoms with Crippen LogP contribution in [0.4, 0.5) is 5.69 Å². The highest BCUT2D eigenvalue weighted by Crippen LogP contribution is 2.69. The summed E-state index contributed by atoms with van der Waals surface area (Å²) in [6.07, 6.45) is 0. The smallest absolute Gasteiger partial charge is 0.236 e. The molecule has 1 heterocycles. The highest BCUT2D eigenvalue weighted by atomic mass is 35.5. The summed E-state index contributed by atoms with van der Waals surface area (Å²) in [5, 5.41) is 3.70. The topological polar surface area (TPSA) is 29.1 Å². The van der Waals surface area contributed by atoms with Crippen molar-refractivity contribution in [2.24, 2.45) is 5.92 Å². The van der Waals surface area contributed by atoms with Crippen LogP contribution >= 0.6 is 11.6 Å². The lowest BCUT2D eigenvalue weighted by molar-refractivity contribution is -0.118. The number of carbonyl (C=O) groups is 1. The molecular weight excluding hydrogens is 270 g/mol. The molecule has 1 fully saturated rings. The summed E-state index contributed by atoms with van der Waals surface area (Å²) in [4.78, 5) is 12.6. The first-order valence-corrected chi connectivity index (χ1v) is 7.20. The number of benzene rings is 2. The Hall–Kier alpha value is -1.80. The second kappa shape index (κ2) is 3.86. The third-order valence-corrected chi connectivity index (χ3v) is 5.04. The summed E-state index contributed by atoms with van der Waals surface area (Å²) in [6.45, 7) is 2.15. The third-order valence-electron chi connectivity index (χ3n) is 4.81. The lowest BCUT2D eigenvalue weighted by atomic mass is 9.91. The van der Waals surface area contributed by atoms with Crippen LogP contribution in [0.25, 0.3) is 0 Å². The Bertz CT molecular complexity index is 712. The standard InChI is InChI=1S/C17H14ClNO/c1-10-15(11-5-3-2-4-6-11)17(10)13-9-12(18)7-8-14(13)19-16(17)20/h2-10,15H,1H3,(H,19,20). The average molecular weight is 284 g/mol. The molecule has 100 valence electrons. The Balaban J connectivity index is 1.87. The van der Waals surface area contributed by atoms with E-state index < -0.39 is 5.41 Å². The second-order valence-corrected chi connectivity index (χ2v) is 6.13. The monoisotopic (exact) mass is 283 g/mol. The van der Waals surface area contributed by atoms with Crippen molar-refractivity contribution in [3.8, 4) is 0 Å². The van der Waals surface area contributed by atoms with E-state index in [9.17, 15) is 4.79 Å². The maximum Gasteiger partial charge on any atom is 0.236 e. The Morgan fingerprint density at radius 3 is 2.65 bits per heavy atom. The van der Waals surface area contributed by atoms with Gasteiger partial charge in [0.15, 0.2) is 0 Å². The van der Waals surface area contributed by atoms with E-state index >= 15 is 0 Å². The average Bonchev–Trinajstić information content (AvgIpc) is 2.98. The maximum absolute atomic E-state index is 12.6. The van der Waals surface area contributed by atoms with Crippen molar-refractivity contribution in [1.29, 1.82) is 0 Å². The minimum Gasteiger partial charge on any atom is -0.325 e. The largest absolute Gasteiger partial charge is 0.325 e. The minimum absolute atomic E-state index is 0.108. The van der Waals surface area contributed by atoms with E-state index in [-0.39, 0.29) is 11.8 Å². The van der Waals surface area contributed by atoms with Gasteiger partial charge in [0, 0.05) is 16.6 Å². The number of hydrogen-bond donors (Lipinski definition) is 1. The number of carbonyl (C=O) groups excluding carboxylic acids is 1. The van der Waals surface area contributed by atoms with Gasteiger partial charge >= 0.3 is 0 Å². The first-order chi connectivity index (χ1) is 9.65. The molecule has 3 heteroatoms. The predicted octanol–water partition coefficient (Wildman–Crippen LogP) is 3.96. The Kier molecular flexibility index (Phi) is 2.31. The molecular formula is C17H14ClNO. The Morgan fingerprint density at radius 2 is 1.90 bits per heavy atom. The number of amides is 1. The molecule has 1 aliphatic carbocycles. The molecule has 2 aromatic rings. The zero-order chi connectivity index (χ0) is 13.9. The Labute approximate surface area is 122 Å². The number of hydrogen-bond acceptors (Lipinski definition) is 1. The van der Waals surface area contributed by atoms with E-state index in [4.69, 9.17) is 11.6 Å². The number of halogens is 1. The van der Waals surface area contributed by atoms with Gasteiger partial charge in [0.05, 0.1) is 5.41 Å². The molecule has 1 amide bonds. The van der Waals surface area contributed by atoms with Crippen molar-refractivity contribution in [2.75, 3.05) is 5.32 Å². The van der Waals surface area contributed by atoms with Gasteiger partial charge in [-0.15, -0.1) is 0 Å². The molecule has 2 nitrogen and oxygen atoms in total. The van der Waals surface area contributed by atoms with Crippen molar-refractivity contribution in [3.05, 3.63) is 64.7 Å². The van der Waals surface area contributed by atoms with Crippen LogP contribution in [-0.4, -0.2) is 5.91 Å². The zero-order valence-electron chi connectivity index (χ0n) is 11.1. The van der Waals surface area contributed by atoms with Gasteiger partial charge in [-0.05, 0) is 35.2 Å². The fourth-order valence-corrected chi connectivity index (χ4v) is 4.02. The molecule has 0 radical (unpaired) electrons. The number of rotatable bonds is 1. The van der Waals surface area contributed by atoms with Gasteiger partial charge < -0.3 is 5.32 Å². The summed E-state index contributed by atoms with van der Waals surface area (Å²) >= 11 is 6.13. The van der Waals surface area contributed by atoms with E-state index in [2.05, 4.69) is 24.4 Å². The van der Waals surface area contributed by atoms with Crippen LogP contribution < -0.4 is 5.32 Å². The van der Waals surface area contributed by atoms with Gasteiger partial charge in [0.2, 0.25) is 5.91 Å². The molecule has 4 rings (SSSR count). The molecule has 0 bridgehead atoms. The summed E-state index contributed by atoms with van der Waals surface area (Å²) in [5.41, 5.74) is 2.76. The van der Waals surface area contributed by atoms with Gasteiger partial charge in [-0.25, -0.2) is 0 Å². The summed E-state index contributed by atoms with van der Waals surface area (Å²) < 4.78 is 0. The van der Waals surface area contributed by atoms with Crippen molar-refractivity contribution >= 4 is 23.2 Å². The van der Waals surface area contributed by atoms with Gasteiger partial charge in [-0.1, -0.05) is 48.9 Å². The minimum atomic E-state index is -0.429. The van der Waals surface area contributed by atoms with Crippen LogP contribution in [0.5, 0.6) is 0 Å². The van der Waals surface area contributed by atoms with E-state index in [1.807, 2.05) is 36.4 Å². The van der Waals surface area contributed by atoms with Gasteiger partial charge in [0.25, 0.3) is 0 Å². The summed E-state index contributed by atoms with van der Waals surface area (Å²) in [7, 11) is 0. The van der Waals surface area contributed by atoms with Crippen LogP contribution in [0, 0.1) is 5.92 Å². The van der Waals surface area contributed by atoms with Crippen molar-refractivity contribution in [1.82, 2.24) is 0 Å². The summed E-state index contributed by atoms with van der Waals surface area (Å²) in [5.74, 6) is 0.643. The molecule has 2 aliphatic rings. The summed E-state index contributed by atoms with van der Waals surface area (Å²) in [6, 6.07) is 15.9. The van der Waals surface area contributed by atoms with Gasteiger partial charge in [0.1, 0.15) is 0 Å². The fraction of sp³-hybridized carbons (Fsp3) is 0.235. The number of nitrogens with one attached hydrogen (secondary N) is 1. The van der Waals surface area contributed by atoms with E-state index in [0.29, 0.717) is 10.9 Å². The lowest BCUT2D eigenvalue weighted by Crippen LogP contribution is -2.22. The van der Waals surface area contributed by atoms with Crippen LogP contribution in [-0.2, 0) is 10.2 Å². The van der Waals surface area contributed by atoms with Gasteiger partial charge in [-0.3, -0.25) is 4.79 Å². The van der Waals surface area contributed by atoms with Crippen molar-refractivity contribution in [2.45, 2.75) is 18.3 Å². The van der Waals surface area contributed by atoms with Crippen molar-refractivity contribution in [3.63, 3.8) is 0 Å². The van der Waals surface area contributed by atoms with E-state index in [1.165, 1.54) is 5.56 Å². The molecule has 1 aliphatic heterocycles. The van der Waals surface area contributed by atoms with Crippen LogP contribution in [0.1, 0.15) is 24.0 Å². The second-order valence-electron chi connectivity index (χ2n) is 5.69. The molecule has 0 aromatic heterocycles. The number of fused-ring (bicyclic) bond motifs is 2. The zero-order valence-corrected chi connectivity index (χ0v) is 11.8. The molecule has 1 spiro atoms. The van der Waals surface area contributed by atoms with Gasteiger partial charge in [-0.2, -0.15) is 0 Å². The highest BCUT2D eigenvalue weighted by Gasteiger charge is 2.71.